The van der Waals surface area contributed by atoms with Crippen molar-refractivity contribution in [3.05, 3.63) is 59.5 Å². The minimum atomic E-state index is -0.320. The van der Waals surface area contributed by atoms with Crippen molar-refractivity contribution in [3.63, 3.8) is 0 Å². The maximum atomic E-state index is 12.4. The molecule has 0 radical (unpaired) electrons. The fraction of sp³-hybridized carbons (Fsp3) is 0.304. The molecule has 1 aromatic heterocycles. The number of anilines is 1. The van der Waals surface area contributed by atoms with E-state index in [1.165, 1.54) is 19.7 Å². The summed E-state index contributed by atoms with van der Waals surface area (Å²) in [5, 5.41) is 9.32. The van der Waals surface area contributed by atoms with Gasteiger partial charge in [-0.25, -0.2) is 0 Å². The molecule has 0 aliphatic heterocycles. The van der Waals surface area contributed by atoms with Crippen molar-refractivity contribution in [1.29, 1.82) is 0 Å². The van der Waals surface area contributed by atoms with Gasteiger partial charge in [0.05, 0.1) is 18.4 Å². The molecule has 3 aromatic rings. The van der Waals surface area contributed by atoms with Crippen LogP contribution in [0.3, 0.4) is 0 Å². The third kappa shape index (κ3) is 5.48. The van der Waals surface area contributed by atoms with Crippen molar-refractivity contribution in [3.8, 4) is 17.1 Å². The SMILES string of the molecule is CNC(=O)c1cc(OC)ccc1NC(=O)CCc1nc(-c2ccc(C(C)C)cc2)no1. The number of methoxy groups -OCH3 is 1. The number of hydrogen-bond donors (Lipinski definition) is 2. The molecule has 2 N–H and O–H groups in total. The maximum absolute atomic E-state index is 12.4. The predicted octanol–water partition coefficient (Wildman–Crippen LogP) is 3.80. The zero-order valence-corrected chi connectivity index (χ0v) is 18.1. The summed E-state index contributed by atoms with van der Waals surface area (Å²) in [7, 11) is 3.04. The highest BCUT2D eigenvalue weighted by molar-refractivity contribution is 6.04. The van der Waals surface area contributed by atoms with Gasteiger partial charge < -0.3 is 19.9 Å². The Morgan fingerprint density at radius 1 is 1.13 bits per heavy atom. The predicted molar refractivity (Wildman–Crippen MR) is 117 cm³/mol. The molecule has 1 heterocycles. The van der Waals surface area contributed by atoms with Crippen molar-refractivity contribution < 1.29 is 18.8 Å². The zero-order chi connectivity index (χ0) is 22.4. The van der Waals surface area contributed by atoms with Gasteiger partial charge in [0.15, 0.2) is 0 Å². The molecule has 8 heteroatoms. The van der Waals surface area contributed by atoms with Gasteiger partial charge in [-0.2, -0.15) is 4.98 Å². The molecule has 31 heavy (non-hydrogen) atoms. The van der Waals surface area contributed by atoms with Crippen LogP contribution in [0.1, 0.15) is 48.0 Å². The van der Waals surface area contributed by atoms with Crippen LogP contribution in [0, 0.1) is 0 Å². The average Bonchev–Trinajstić information content (AvgIpc) is 3.26. The van der Waals surface area contributed by atoms with Gasteiger partial charge in [0.1, 0.15) is 5.75 Å². The van der Waals surface area contributed by atoms with Crippen LogP contribution in [0.2, 0.25) is 0 Å². The first kappa shape index (κ1) is 22.0. The number of benzene rings is 2. The molecule has 0 aliphatic carbocycles. The summed E-state index contributed by atoms with van der Waals surface area (Å²) >= 11 is 0. The molecule has 0 aliphatic rings. The summed E-state index contributed by atoms with van der Waals surface area (Å²) in [5.74, 6) is 1.25. The first-order chi connectivity index (χ1) is 14.9. The molecule has 0 fully saturated rings. The van der Waals surface area contributed by atoms with Crippen molar-refractivity contribution in [1.82, 2.24) is 15.5 Å². The molecule has 0 saturated heterocycles. The molecule has 0 atom stereocenters. The third-order valence-corrected chi connectivity index (χ3v) is 4.84. The Morgan fingerprint density at radius 3 is 2.52 bits per heavy atom. The largest absolute Gasteiger partial charge is 0.497 e. The van der Waals surface area contributed by atoms with E-state index in [2.05, 4.69) is 34.6 Å². The molecule has 162 valence electrons. The summed E-state index contributed by atoms with van der Waals surface area (Å²) in [6, 6.07) is 12.9. The highest BCUT2D eigenvalue weighted by Gasteiger charge is 2.15. The summed E-state index contributed by atoms with van der Waals surface area (Å²) in [6.07, 6.45) is 0.418. The summed E-state index contributed by atoms with van der Waals surface area (Å²) in [6.45, 7) is 4.27. The number of hydrogen-bond acceptors (Lipinski definition) is 6. The standard InChI is InChI=1S/C23H26N4O4/c1-14(2)15-5-7-16(8-6-15)22-26-21(31-27-22)12-11-20(28)25-19-10-9-17(30-4)13-18(19)23(29)24-3/h5-10,13-14H,11-12H2,1-4H3,(H,24,29)(H,25,28). The molecule has 0 unspecified atom stereocenters. The number of carbonyl (C=O) groups excluding carboxylic acids is 2. The number of ether oxygens (including phenoxy) is 1. The first-order valence-corrected chi connectivity index (χ1v) is 10.0. The van der Waals surface area contributed by atoms with Crippen LogP contribution in [-0.4, -0.2) is 36.1 Å². The maximum Gasteiger partial charge on any atom is 0.253 e. The minimum absolute atomic E-state index is 0.132. The number of nitrogens with one attached hydrogen (secondary N) is 2. The van der Waals surface area contributed by atoms with Gasteiger partial charge in [-0.1, -0.05) is 43.3 Å². The fourth-order valence-electron chi connectivity index (χ4n) is 3.01. The molecule has 2 aromatic carbocycles. The number of amides is 2. The Bertz CT molecular complexity index is 1060. The van der Waals surface area contributed by atoms with Crippen LogP contribution in [0.4, 0.5) is 5.69 Å². The van der Waals surface area contributed by atoms with Gasteiger partial charge in [0.2, 0.25) is 17.6 Å². The van der Waals surface area contributed by atoms with Gasteiger partial charge in [0, 0.05) is 25.5 Å². The topological polar surface area (TPSA) is 106 Å². The smallest absolute Gasteiger partial charge is 0.253 e. The third-order valence-electron chi connectivity index (χ3n) is 4.84. The lowest BCUT2D eigenvalue weighted by Crippen LogP contribution is -2.21. The van der Waals surface area contributed by atoms with Gasteiger partial charge in [-0.3, -0.25) is 9.59 Å². The van der Waals surface area contributed by atoms with E-state index in [1.54, 1.807) is 18.2 Å². The lowest BCUT2D eigenvalue weighted by Gasteiger charge is -2.11. The van der Waals surface area contributed by atoms with E-state index in [1.807, 2.05) is 24.3 Å². The van der Waals surface area contributed by atoms with Crippen LogP contribution < -0.4 is 15.4 Å². The van der Waals surface area contributed by atoms with Crippen LogP contribution >= 0.6 is 0 Å². The van der Waals surface area contributed by atoms with Gasteiger partial charge in [-0.15, -0.1) is 0 Å². The van der Waals surface area contributed by atoms with E-state index in [-0.39, 0.29) is 24.7 Å². The number of nitrogens with zero attached hydrogens (tertiary/aromatic N) is 2. The second-order valence-electron chi connectivity index (χ2n) is 7.33. The van der Waals surface area contributed by atoms with Gasteiger partial charge >= 0.3 is 0 Å². The number of rotatable bonds is 8. The Morgan fingerprint density at radius 2 is 1.87 bits per heavy atom. The van der Waals surface area contributed by atoms with Crippen molar-refractivity contribution >= 4 is 17.5 Å². The van der Waals surface area contributed by atoms with E-state index < -0.39 is 0 Å². The molecular weight excluding hydrogens is 396 g/mol. The van der Waals surface area contributed by atoms with E-state index in [0.717, 1.165) is 5.56 Å². The average molecular weight is 422 g/mol. The summed E-state index contributed by atoms with van der Waals surface area (Å²) < 4.78 is 10.4. The molecule has 3 rings (SSSR count). The normalized spacial score (nSPS) is 10.7. The fourth-order valence-corrected chi connectivity index (χ4v) is 3.01. The number of carbonyl (C=O) groups is 2. The van der Waals surface area contributed by atoms with Crippen LogP contribution in [-0.2, 0) is 11.2 Å². The highest BCUT2D eigenvalue weighted by atomic mass is 16.5. The van der Waals surface area contributed by atoms with Crippen molar-refractivity contribution in [2.24, 2.45) is 0 Å². The molecule has 0 spiro atoms. The highest BCUT2D eigenvalue weighted by Crippen LogP contribution is 2.23. The van der Waals surface area contributed by atoms with E-state index in [9.17, 15) is 9.59 Å². The van der Waals surface area contributed by atoms with Crippen LogP contribution in [0.5, 0.6) is 5.75 Å². The Kier molecular flexibility index (Phi) is 7.02. The molecule has 0 bridgehead atoms. The van der Waals surface area contributed by atoms with Crippen LogP contribution in [0.15, 0.2) is 47.0 Å². The Balaban J connectivity index is 1.62. The van der Waals surface area contributed by atoms with Gasteiger partial charge in [0.25, 0.3) is 5.91 Å². The second-order valence-corrected chi connectivity index (χ2v) is 7.33. The lowest BCUT2D eigenvalue weighted by atomic mass is 10.0. The van der Waals surface area contributed by atoms with Crippen LogP contribution in [0.25, 0.3) is 11.4 Å². The molecule has 8 nitrogen and oxygen atoms in total. The molecular formula is C23H26N4O4. The second kappa shape index (κ2) is 9.88. The minimum Gasteiger partial charge on any atom is -0.497 e. The monoisotopic (exact) mass is 422 g/mol. The molecule has 0 saturated carbocycles. The lowest BCUT2D eigenvalue weighted by molar-refractivity contribution is -0.116. The quantitative estimate of drug-likeness (QED) is 0.572. The summed E-state index contributed by atoms with van der Waals surface area (Å²) in [4.78, 5) is 28.9. The first-order valence-electron chi connectivity index (χ1n) is 10.0. The van der Waals surface area contributed by atoms with Crippen molar-refractivity contribution in [2.75, 3.05) is 19.5 Å². The Hall–Kier alpha value is -3.68. The zero-order valence-electron chi connectivity index (χ0n) is 18.1. The van der Waals surface area contributed by atoms with Crippen molar-refractivity contribution in [2.45, 2.75) is 32.6 Å². The van der Waals surface area contributed by atoms with E-state index in [4.69, 9.17) is 9.26 Å². The van der Waals surface area contributed by atoms with Gasteiger partial charge in [-0.05, 0) is 29.7 Å². The Labute approximate surface area is 181 Å². The number of aryl methyl sites for hydroxylation is 1. The van der Waals surface area contributed by atoms with E-state index in [0.29, 0.717) is 34.6 Å². The number of aromatic nitrogens is 2. The molecule has 2 amide bonds. The van der Waals surface area contributed by atoms with E-state index >= 15 is 0 Å². The summed E-state index contributed by atoms with van der Waals surface area (Å²) in [5.41, 5.74) is 2.82.